The highest BCUT2D eigenvalue weighted by atomic mass is 15.2. The predicted octanol–water partition coefficient (Wildman–Crippen LogP) is 1.96. The number of piperazine rings is 1. The molecule has 1 saturated heterocycles. The average Bonchev–Trinajstić information content (AvgIpc) is 2.07. The normalized spacial score (nSPS) is 30.2. The van der Waals surface area contributed by atoms with Crippen molar-refractivity contribution in [2.24, 2.45) is 11.8 Å². The van der Waals surface area contributed by atoms with Gasteiger partial charge in [0.05, 0.1) is 0 Å². The molecule has 0 bridgehead atoms. The van der Waals surface area contributed by atoms with Gasteiger partial charge in [-0.15, -0.1) is 0 Å². The van der Waals surface area contributed by atoms with E-state index in [4.69, 9.17) is 0 Å². The van der Waals surface area contributed by atoms with Crippen molar-refractivity contribution in [1.29, 1.82) is 0 Å². The van der Waals surface area contributed by atoms with Crippen molar-refractivity contribution in [3.05, 3.63) is 0 Å². The number of likely N-dealkylation sites (N-methyl/N-ethyl adjacent to an activating group) is 1. The smallest absolute Gasteiger partial charge is 0.0220 e. The van der Waals surface area contributed by atoms with Crippen LogP contribution >= 0.6 is 0 Å². The van der Waals surface area contributed by atoms with Crippen LogP contribution < -0.4 is 5.32 Å². The van der Waals surface area contributed by atoms with Crippen molar-refractivity contribution in [3.63, 3.8) is 0 Å². The summed E-state index contributed by atoms with van der Waals surface area (Å²) >= 11 is 0. The van der Waals surface area contributed by atoms with Gasteiger partial charge in [0.25, 0.3) is 0 Å². The van der Waals surface area contributed by atoms with Gasteiger partial charge >= 0.3 is 0 Å². The van der Waals surface area contributed by atoms with Gasteiger partial charge in [0.15, 0.2) is 0 Å². The number of hydrogen-bond acceptors (Lipinski definition) is 2. The molecule has 0 aromatic heterocycles. The molecule has 0 radical (unpaired) electrons. The third-order valence-corrected chi connectivity index (χ3v) is 3.27. The molecule has 14 heavy (non-hydrogen) atoms. The second kappa shape index (κ2) is 5.13. The minimum absolute atomic E-state index is 0.684. The molecule has 1 rings (SSSR count). The Morgan fingerprint density at radius 3 is 2.36 bits per heavy atom. The molecule has 1 N–H and O–H groups in total. The summed E-state index contributed by atoms with van der Waals surface area (Å²) in [6.07, 6.45) is 1.31. The third-order valence-electron chi connectivity index (χ3n) is 3.27. The molecule has 0 unspecified atom stereocenters. The van der Waals surface area contributed by atoms with Crippen LogP contribution in [0, 0.1) is 11.8 Å². The van der Waals surface area contributed by atoms with Crippen LogP contribution in [0.15, 0.2) is 0 Å². The van der Waals surface area contributed by atoms with Crippen molar-refractivity contribution in [2.45, 2.75) is 46.2 Å². The summed E-state index contributed by atoms with van der Waals surface area (Å²) in [4.78, 5) is 2.53. The van der Waals surface area contributed by atoms with E-state index >= 15 is 0 Å². The first-order valence-electron chi connectivity index (χ1n) is 5.94. The molecule has 0 spiro atoms. The maximum atomic E-state index is 3.66. The lowest BCUT2D eigenvalue weighted by Gasteiger charge is -2.40. The Morgan fingerprint density at radius 1 is 1.29 bits per heavy atom. The number of rotatable bonds is 3. The fourth-order valence-electron chi connectivity index (χ4n) is 2.22. The van der Waals surface area contributed by atoms with E-state index in [1.54, 1.807) is 0 Å². The number of nitrogens with zero attached hydrogens (tertiary/aromatic N) is 1. The molecule has 2 nitrogen and oxygen atoms in total. The molecule has 1 fully saturated rings. The zero-order valence-electron chi connectivity index (χ0n) is 10.4. The fourth-order valence-corrected chi connectivity index (χ4v) is 2.22. The van der Waals surface area contributed by atoms with Crippen LogP contribution in [0.2, 0.25) is 0 Å². The summed E-state index contributed by atoms with van der Waals surface area (Å²) < 4.78 is 0. The standard InChI is InChI=1S/C12H26N2/c1-9(2)6-11-7-13-12(10(3)4)8-14(11)5/h9-13H,6-8H2,1-5H3/t11-,12-/m1/s1. The van der Waals surface area contributed by atoms with Crippen LogP contribution in [0.25, 0.3) is 0 Å². The molecule has 0 aromatic rings. The summed E-state index contributed by atoms with van der Waals surface area (Å²) in [5.74, 6) is 1.55. The average molecular weight is 198 g/mol. The summed E-state index contributed by atoms with van der Waals surface area (Å²) in [6.45, 7) is 11.6. The quantitative estimate of drug-likeness (QED) is 0.746. The van der Waals surface area contributed by atoms with Crippen molar-refractivity contribution in [3.8, 4) is 0 Å². The zero-order chi connectivity index (χ0) is 10.7. The minimum Gasteiger partial charge on any atom is -0.311 e. The molecule has 2 heteroatoms. The lowest BCUT2D eigenvalue weighted by Crippen LogP contribution is -2.56. The Kier molecular flexibility index (Phi) is 4.39. The van der Waals surface area contributed by atoms with Crippen LogP contribution in [0.4, 0.5) is 0 Å². The Labute approximate surface area is 89.1 Å². The van der Waals surface area contributed by atoms with E-state index < -0.39 is 0 Å². The highest BCUT2D eigenvalue weighted by Crippen LogP contribution is 2.16. The Balaban J connectivity index is 2.39. The maximum Gasteiger partial charge on any atom is 0.0220 e. The molecule has 1 aliphatic rings. The highest BCUT2D eigenvalue weighted by molar-refractivity contribution is 4.86. The predicted molar refractivity (Wildman–Crippen MR) is 62.5 cm³/mol. The first-order chi connectivity index (χ1) is 6.50. The van der Waals surface area contributed by atoms with E-state index in [1.807, 2.05) is 0 Å². The van der Waals surface area contributed by atoms with E-state index in [9.17, 15) is 0 Å². The lowest BCUT2D eigenvalue weighted by atomic mass is 9.96. The van der Waals surface area contributed by atoms with Crippen molar-refractivity contribution in [1.82, 2.24) is 10.2 Å². The van der Waals surface area contributed by atoms with E-state index in [0.717, 1.165) is 24.4 Å². The van der Waals surface area contributed by atoms with Gasteiger partial charge in [0, 0.05) is 25.2 Å². The molecule has 2 atom stereocenters. The molecule has 0 aliphatic carbocycles. The molecular formula is C12H26N2. The Morgan fingerprint density at radius 2 is 1.93 bits per heavy atom. The van der Waals surface area contributed by atoms with Gasteiger partial charge in [-0.1, -0.05) is 27.7 Å². The van der Waals surface area contributed by atoms with Gasteiger partial charge < -0.3 is 10.2 Å². The zero-order valence-corrected chi connectivity index (χ0v) is 10.4. The number of nitrogens with one attached hydrogen (secondary N) is 1. The summed E-state index contributed by atoms with van der Waals surface area (Å²) in [7, 11) is 2.27. The third kappa shape index (κ3) is 3.25. The van der Waals surface area contributed by atoms with Gasteiger partial charge in [0.1, 0.15) is 0 Å². The summed E-state index contributed by atoms with van der Waals surface area (Å²) in [5.41, 5.74) is 0. The Hall–Kier alpha value is -0.0800. The van der Waals surface area contributed by atoms with Gasteiger partial charge in [-0.25, -0.2) is 0 Å². The Bertz CT molecular complexity index is 166. The van der Waals surface area contributed by atoms with Crippen LogP contribution in [0.5, 0.6) is 0 Å². The molecular weight excluding hydrogens is 172 g/mol. The lowest BCUT2D eigenvalue weighted by molar-refractivity contribution is 0.127. The van der Waals surface area contributed by atoms with Crippen molar-refractivity contribution in [2.75, 3.05) is 20.1 Å². The van der Waals surface area contributed by atoms with Crippen LogP contribution in [0.3, 0.4) is 0 Å². The maximum absolute atomic E-state index is 3.66. The van der Waals surface area contributed by atoms with Crippen molar-refractivity contribution >= 4 is 0 Å². The van der Waals surface area contributed by atoms with Crippen LogP contribution in [-0.2, 0) is 0 Å². The second-order valence-corrected chi connectivity index (χ2v) is 5.48. The van der Waals surface area contributed by atoms with E-state index in [0.29, 0.717) is 6.04 Å². The van der Waals surface area contributed by atoms with Gasteiger partial charge in [0.2, 0.25) is 0 Å². The molecule has 0 aromatic carbocycles. The van der Waals surface area contributed by atoms with Crippen molar-refractivity contribution < 1.29 is 0 Å². The molecule has 1 heterocycles. The summed E-state index contributed by atoms with van der Waals surface area (Å²) in [6, 6.07) is 1.42. The molecule has 84 valence electrons. The first-order valence-corrected chi connectivity index (χ1v) is 5.94. The van der Waals surface area contributed by atoms with E-state index in [2.05, 4.69) is 45.0 Å². The topological polar surface area (TPSA) is 15.3 Å². The minimum atomic E-state index is 0.684. The molecule has 0 amide bonds. The highest BCUT2D eigenvalue weighted by Gasteiger charge is 2.26. The monoisotopic (exact) mass is 198 g/mol. The second-order valence-electron chi connectivity index (χ2n) is 5.48. The number of hydrogen-bond donors (Lipinski definition) is 1. The van der Waals surface area contributed by atoms with Gasteiger partial charge in [-0.3, -0.25) is 0 Å². The van der Waals surface area contributed by atoms with Gasteiger partial charge in [-0.05, 0) is 25.3 Å². The van der Waals surface area contributed by atoms with Gasteiger partial charge in [-0.2, -0.15) is 0 Å². The SMILES string of the molecule is CC(C)C[C@@H]1CN[C@@H](C(C)C)CN1C. The molecule has 0 saturated carbocycles. The fraction of sp³-hybridized carbons (Fsp3) is 1.00. The first kappa shape index (κ1) is 12.0. The molecule has 1 aliphatic heterocycles. The van der Waals surface area contributed by atoms with Crippen LogP contribution in [0.1, 0.15) is 34.1 Å². The van der Waals surface area contributed by atoms with E-state index in [-0.39, 0.29) is 0 Å². The van der Waals surface area contributed by atoms with Crippen LogP contribution in [-0.4, -0.2) is 37.1 Å². The summed E-state index contributed by atoms with van der Waals surface area (Å²) in [5, 5.41) is 3.66. The largest absolute Gasteiger partial charge is 0.311 e. The van der Waals surface area contributed by atoms with E-state index in [1.165, 1.54) is 13.0 Å².